The molecule has 2 saturated carbocycles. The van der Waals surface area contributed by atoms with Crippen molar-refractivity contribution in [2.24, 2.45) is 17.8 Å². The predicted molar refractivity (Wildman–Crippen MR) is 64.4 cm³/mol. The molecule has 18 heavy (non-hydrogen) atoms. The molecule has 1 aromatic carbocycles. The molecule has 96 valence electrons. The average molecular weight is 250 g/mol. The van der Waals surface area contributed by atoms with E-state index >= 15 is 0 Å². The molecule has 2 atom stereocenters. The standard InChI is InChI=1S/C15H16F2O/c1-8-6-11(13(17)7-12(8)16)15(18)14-9-4-2-3-5-10(9)14/h6-7,9-10,14H,2-5H2,1H3. The molecule has 3 rings (SSSR count). The third kappa shape index (κ3) is 1.76. The molecule has 0 amide bonds. The Morgan fingerprint density at radius 3 is 2.33 bits per heavy atom. The summed E-state index contributed by atoms with van der Waals surface area (Å²) in [6, 6.07) is 2.19. The van der Waals surface area contributed by atoms with Gasteiger partial charge in [-0.15, -0.1) is 0 Å². The Hall–Kier alpha value is -1.25. The number of fused-ring (bicyclic) bond motifs is 1. The van der Waals surface area contributed by atoms with Crippen molar-refractivity contribution in [2.45, 2.75) is 32.6 Å². The summed E-state index contributed by atoms with van der Waals surface area (Å²) < 4.78 is 26.9. The van der Waals surface area contributed by atoms with Crippen LogP contribution in [0.5, 0.6) is 0 Å². The molecule has 0 aliphatic heterocycles. The number of Topliss-reactive ketones (excluding diaryl/α,β-unsaturated/α-hetero) is 1. The normalized spacial score (nSPS) is 29.8. The molecule has 2 aliphatic rings. The second kappa shape index (κ2) is 4.15. The summed E-state index contributed by atoms with van der Waals surface area (Å²) in [5.41, 5.74) is 0.414. The van der Waals surface area contributed by atoms with Crippen LogP contribution in [0.4, 0.5) is 8.78 Å². The van der Waals surface area contributed by atoms with E-state index in [1.807, 2.05) is 0 Å². The molecule has 0 bridgehead atoms. The van der Waals surface area contributed by atoms with Crippen molar-refractivity contribution < 1.29 is 13.6 Å². The quantitative estimate of drug-likeness (QED) is 0.728. The van der Waals surface area contributed by atoms with Gasteiger partial charge in [0.25, 0.3) is 0 Å². The highest BCUT2D eigenvalue weighted by molar-refractivity contribution is 6.00. The smallest absolute Gasteiger partial charge is 0.169 e. The second-order valence-corrected chi connectivity index (χ2v) is 5.58. The molecule has 0 saturated heterocycles. The van der Waals surface area contributed by atoms with E-state index in [0.29, 0.717) is 17.4 Å². The Bertz CT molecular complexity index is 497. The van der Waals surface area contributed by atoms with Crippen molar-refractivity contribution in [3.63, 3.8) is 0 Å². The van der Waals surface area contributed by atoms with Crippen molar-refractivity contribution in [1.29, 1.82) is 0 Å². The van der Waals surface area contributed by atoms with Crippen LogP contribution in [0.25, 0.3) is 0 Å². The number of carbonyl (C=O) groups is 1. The summed E-state index contributed by atoms with van der Waals surface area (Å²) in [7, 11) is 0. The highest BCUT2D eigenvalue weighted by Gasteiger charge is 2.54. The zero-order valence-corrected chi connectivity index (χ0v) is 10.4. The van der Waals surface area contributed by atoms with Gasteiger partial charge in [0.05, 0.1) is 5.56 Å². The van der Waals surface area contributed by atoms with Gasteiger partial charge < -0.3 is 0 Å². The van der Waals surface area contributed by atoms with E-state index < -0.39 is 11.6 Å². The fourth-order valence-electron chi connectivity index (χ4n) is 3.41. The molecule has 2 fully saturated rings. The molecule has 3 heteroatoms. The first kappa shape index (κ1) is 11.8. The van der Waals surface area contributed by atoms with Crippen LogP contribution in [0.15, 0.2) is 12.1 Å². The number of hydrogen-bond acceptors (Lipinski definition) is 1. The van der Waals surface area contributed by atoms with E-state index in [2.05, 4.69) is 0 Å². The Balaban J connectivity index is 1.87. The fourth-order valence-corrected chi connectivity index (χ4v) is 3.41. The van der Waals surface area contributed by atoms with Crippen LogP contribution in [0.1, 0.15) is 41.6 Å². The van der Waals surface area contributed by atoms with Crippen molar-refractivity contribution in [3.05, 3.63) is 34.9 Å². The Kier molecular flexibility index (Phi) is 2.72. The van der Waals surface area contributed by atoms with Crippen molar-refractivity contribution >= 4 is 5.78 Å². The first-order valence-corrected chi connectivity index (χ1v) is 6.59. The summed E-state index contributed by atoms with van der Waals surface area (Å²) in [5.74, 6) is -0.518. The number of aryl methyl sites for hydroxylation is 1. The van der Waals surface area contributed by atoms with E-state index in [9.17, 15) is 13.6 Å². The molecule has 0 radical (unpaired) electrons. The highest BCUT2D eigenvalue weighted by atomic mass is 19.1. The van der Waals surface area contributed by atoms with Gasteiger partial charge in [-0.3, -0.25) is 4.79 Å². The molecule has 1 aromatic rings. The van der Waals surface area contributed by atoms with Crippen LogP contribution in [-0.4, -0.2) is 5.78 Å². The van der Waals surface area contributed by atoms with E-state index in [0.717, 1.165) is 18.9 Å². The van der Waals surface area contributed by atoms with Gasteiger partial charge in [0.1, 0.15) is 11.6 Å². The van der Waals surface area contributed by atoms with Gasteiger partial charge >= 0.3 is 0 Å². The lowest BCUT2D eigenvalue weighted by Gasteiger charge is -2.04. The topological polar surface area (TPSA) is 17.1 Å². The van der Waals surface area contributed by atoms with Gasteiger partial charge in [-0.25, -0.2) is 8.78 Å². The van der Waals surface area contributed by atoms with Crippen LogP contribution >= 0.6 is 0 Å². The molecule has 0 N–H and O–H groups in total. The monoisotopic (exact) mass is 250 g/mol. The lowest BCUT2D eigenvalue weighted by atomic mass is 10.0. The minimum atomic E-state index is -0.716. The van der Waals surface area contributed by atoms with Gasteiger partial charge in [-0.2, -0.15) is 0 Å². The number of carbonyl (C=O) groups excluding carboxylic acids is 1. The molecule has 1 nitrogen and oxygen atoms in total. The van der Waals surface area contributed by atoms with Crippen molar-refractivity contribution in [3.8, 4) is 0 Å². The van der Waals surface area contributed by atoms with Crippen molar-refractivity contribution in [2.75, 3.05) is 0 Å². The molecule has 2 unspecified atom stereocenters. The Labute approximate surface area is 105 Å². The van der Waals surface area contributed by atoms with Crippen molar-refractivity contribution in [1.82, 2.24) is 0 Å². The summed E-state index contributed by atoms with van der Waals surface area (Å²) >= 11 is 0. The van der Waals surface area contributed by atoms with Gasteiger partial charge in [0.2, 0.25) is 0 Å². The Morgan fingerprint density at radius 2 is 1.72 bits per heavy atom. The minimum Gasteiger partial charge on any atom is -0.294 e. The van der Waals surface area contributed by atoms with Crippen LogP contribution in [0.3, 0.4) is 0 Å². The number of ketones is 1. The van der Waals surface area contributed by atoms with Gasteiger partial charge in [0.15, 0.2) is 5.78 Å². The van der Waals surface area contributed by atoms with Crippen LogP contribution < -0.4 is 0 Å². The summed E-state index contributed by atoms with van der Waals surface area (Å²) in [4.78, 5) is 12.3. The first-order valence-electron chi connectivity index (χ1n) is 6.59. The van der Waals surface area contributed by atoms with Gasteiger partial charge in [-0.1, -0.05) is 12.8 Å². The van der Waals surface area contributed by atoms with Crippen LogP contribution in [0, 0.1) is 36.3 Å². The zero-order valence-electron chi connectivity index (χ0n) is 10.4. The second-order valence-electron chi connectivity index (χ2n) is 5.58. The predicted octanol–water partition coefficient (Wildman–Crippen LogP) is 3.89. The minimum absolute atomic E-state index is 0.00754. The maximum Gasteiger partial charge on any atom is 0.169 e. The van der Waals surface area contributed by atoms with Gasteiger partial charge in [-0.05, 0) is 43.2 Å². The van der Waals surface area contributed by atoms with Crippen LogP contribution in [-0.2, 0) is 0 Å². The lowest BCUT2D eigenvalue weighted by Crippen LogP contribution is -2.08. The number of halogens is 2. The van der Waals surface area contributed by atoms with E-state index in [1.165, 1.54) is 18.9 Å². The van der Waals surface area contributed by atoms with E-state index in [1.54, 1.807) is 6.92 Å². The summed E-state index contributed by atoms with van der Waals surface area (Å²) in [6.45, 7) is 1.56. The largest absolute Gasteiger partial charge is 0.294 e. The number of hydrogen-bond donors (Lipinski definition) is 0. The fraction of sp³-hybridized carbons (Fsp3) is 0.533. The molecule has 2 aliphatic carbocycles. The number of rotatable bonds is 2. The summed E-state index contributed by atoms with van der Waals surface area (Å²) in [5, 5.41) is 0. The SMILES string of the molecule is Cc1cc(C(=O)C2C3CCCCC32)c(F)cc1F. The molecular formula is C15H16F2O. The third-order valence-corrected chi connectivity index (χ3v) is 4.47. The van der Waals surface area contributed by atoms with E-state index in [-0.39, 0.29) is 17.3 Å². The Morgan fingerprint density at radius 1 is 1.11 bits per heavy atom. The average Bonchev–Trinajstić information content (AvgIpc) is 3.07. The first-order chi connectivity index (χ1) is 8.59. The zero-order chi connectivity index (χ0) is 12.9. The van der Waals surface area contributed by atoms with Crippen LogP contribution in [0.2, 0.25) is 0 Å². The number of benzene rings is 1. The summed E-state index contributed by atoms with van der Waals surface area (Å²) in [6.07, 6.45) is 4.53. The molecule has 0 heterocycles. The third-order valence-electron chi connectivity index (χ3n) is 4.47. The maximum atomic E-state index is 13.7. The lowest BCUT2D eigenvalue weighted by molar-refractivity contribution is 0.0952. The molecule has 0 spiro atoms. The van der Waals surface area contributed by atoms with E-state index in [4.69, 9.17) is 0 Å². The maximum absolute atomic E-state index is 13.7. The highest BCUT2D eigenvalue weighted by Crippen LogP contribution is 2.56. The molecular weight excluding hydrogens is 234 g/mol. The molecule has 0 aromatic heterocycles. The van der Waals surface area contributed by atoms with Gasteiger partial charge in [0, 0.05) is 12.0 Å².